The second kappa shape index (κ2) is 7.34. The van der Waals surface area contributed by atoms with Crippen molar-refractivity contribution in [3.05, 3.63) is 0 Å². The van der Waals surface area contributed by atoms with Crippen LogP contribution in [0.2, 0.25) is 0 Å². The Balaban J connectivity index is 2.71. The fourth-order valence-corrected chi connectivity index (χ4v) is 1.28. The Morgan fingerprint density at radius 2 is 2.11 bits per heavy atom. The largest absolute Gasteiger partial charge is 0.463 e. The SMILES string of the molecule is CCCOc1nc(N)nc(NC(C)C(=O)NCC)n1. The molecule has 1 heterocycles. The zero-order chi connectivity index (χ0) is 14.3. The Morgan fingerprint density at radius 3 is 2.74 bits per heavy atom. The number of nitrogens with zero attached hydrogens (tertiary/aromatic N) is 3. The number of anilines is 2. The summed E-state index contributed by atoms with van der Waals surface area (Å²) < 4.78 is 5.28. The third kappa shape index (κ3) is 4.94. The first-order chi connectivity index (χ1) is 9.06. The average Bonchev–Trinajstić information content (AvgIpc) is 2.36. The molecule has 1 aromatic rings. The summed E-state index contributed by atoms with van der Waals surface area (Å²) in [6, 6.07) is -0.319. The van der Waals surface area contributed by atoms with Gasteiger partial charge in [0.25, 0.3) is 0 Å². The fraction of sp³-hybridized carbons (Fsp3) is 0.636. The summed E-state index contributed by atoms with van der Waals surface area (Å²) in [5, 5.41) is 5.54. The molecule has 1 unspecified atom stereocenters. The monoisotopic (exact) mass is 268 g/mol. The first kappa shape index (κ1) is 14.9. The van der Waals surface area contributed by atoms with E-state index in [2.05, 4.69) is 25.6 Å². The van der Waals surface area contributed by atoms with Crippen LogP contribution in [0.4, 0.5) is 11.9 Å². The van der Waals surface area contributed by atoms with Crippen molar-refractivity contribution in [3.63, 3.8) is 0 Å². The number of ether oxygens (including phenoxy) is 1. The summed E-state index contributed by atoms with van der Waals surface area (Å²) >= 11 is 0. The molecule has 0 saturated heterocycles. The summed E-state index contributed by atoms with van der Waals surface area (Å²) in [5.74, 6) is 0.126. The summed E-state index contributed by atoms with van der Waals surface area (Å²) in [5.41, 5.74) is 5.56. The van der Waals surface area contributed by atoms with E-state index in [0.29, 0.717) is 13.2 Å². The topological polar surface area (TPSA) is 115 Å². The maximum Gasteiger partial charge on any atom is 0.323 e. The molecule has 0 saturated carbocycles. The van der Waals surface area contributed by atoms with Gasteiger partial charge in [-0.1, -0.05) is 6.92 Å². The van der Waals surface area contributed by atoms with Crippen LogP contribution >= 0.6 is 0 Å². The zero-order valence-electron chi connectivity index (χ0n) is 11.4. The molecule has 1 aromatic heterocycles. The number of hydrogen-bond acceptors (Lipinski definition) is 7. The quantitative estimate of drug-likeness (QED) is 0.646. The maximum atomic E-state index is 11.6. The molecule has 8 heteroatoms. The minimum Gasteiger partial charge on any atom is -0.463 e. The first-order valence-corrected chi connectivity index (χ1v) is 6.25. The van der Waals surface area contributed by atoms with Crippen LogP contribution in [-0.2, 0) is 4.79 Å². The van der Waals surface area contributed by atoms with E-state index in [-0.39, 0.29) is 23.8 Å². The van der Waals surface area contributed by atoms with Gasteiger partial charge in [0.2, 0.25) is 17.8 Å². The number of carbonyl (C=O) groups is 1. The van der Waals surface area contributed by atoms with Crippen molar-refractivity contribution < 1.29 is 9.53 Å². The highest BCUT2D eigenvalue weighted by Gasteiger charge is 2.14. The van der Waals surface area contributed by atoms with Gasteiger partial charge < -0.3 is 21.1 Å². The zero-order valence-corrected chi connectivity index (χ0v) is 11.4. The molecule has 0 aliphatic carbocycles. The van der Waals surface area contributed by atoms with Gasteiger partial charge in [0.05, 0.1) is 6.61 Å². The Morgan fingerprint density at radius 1 is 1.37 bits per heavy atom. The van der Waals surface area contributed by atoms with Gasteiger partial charge >= 0.3 is 6.01 Å². The number of rotatable bonds is 7. The van der Waals surface area contributed by atoms with E-state index in [1.807, 2.05) is 13.8 Å². The van der Waals surface area contributed by atoms with Crippen LogP contribution in [-0.4, -0.2) is 40.1 Å². The van der Waals surface area contributed by atoms with Gasteiger partial charge in [-0.15, -0.1) is 0 Å². The standard InChI is InChI=1S/C11H20N6O2/c1-4-6-19-11-16-9(12)15-10(17-11)14-7(3)8(18)13-5-2/h7H,4-6H2,1-3H3,(H,13,18)(H3,12,14,15,16,17). The van der Waals surface area contributed by atoms with Gasteiger partial charge in [0, 0.05) is 6.54 Å². The number of aromatic nitrogens is 3. The molecule has 0 aliphatic rings. The predicted molar refractivity (Wildman–Crippen MR) is 71.8 cm³/mol. The molecular formula is C11H20N6O2. The number of amides is 1. The molecule has 0 bridgehead atoms. The molecule has 4 N–H and O–H groups in total. The molecule has 0 spiro atoms. The second-order valence-electron chi connectivity index (χ2n) is 3.91. The molecule has 0 aromatic carbocycles. The minimum atomic E-state index is -0.472. The van der Waals surface area contributed by atoms with E-state index < -0.39 is 6.04 Å². The van der Waals surface area contributed by atoms with E-state index in [0.717, 1.165) is 6.42 Å². The summed E-state index contributed by atoms with van der Waals surface area (Å²) in [6.45, 7) is 6.59. The van der Waals surface area contributed by atoms with Crippen LogP contribution < -0.4 is 21.1 Å². The minimum absolute atomic E-state index is 0.0479. The van der Waals surface area contributed by atoms with E-state index in [9.17, 15) is 4.79 Å². The predicted octanol–water partition coefficient (Wildman–Crippen LogP) is 0.179. The van der Waals surface area contributed by atoms with Crippen molar-refractivity contribution in [2.24, 2.45) is 0 Å². The third-order valence-electron chi connectivity index (χ3n) is 2.16. The van der Waals surface area contributed by atoms with E-state index in [1.165, 1.54) is 0 Å². The summed E-state index contributed by atoms with van der Waals surface area (Å²) in [7, 11) is 0. The highest BCUT2D eigenvalue weighted by Crippen LogP contribution is 2.10. The highest BCUT2D eigenvalue weighted by molar-refractivity contribution is 5.83. The van der Waals surface area contributed by atoms with Crippen LogP contribution in [0.15, 0.2) is 0 Å². The second-order valence-corrected chi connectivity index (χ2v) is 3.91. The Bertz CT molecular complexity index is 426. The maximum absolute atomic E-state index is 11.6. The van der Waals surface area contributed by atoms with Crippen molar-refractivity contribution in [1.29, 1.82) is 0 Å². The van der Waals surface area contributed by atoms with Gasteiger partial charge in [-0.2, -0.15) is 15.0 Å². The number of nitrogens with one attached hydrogen (secondary N) is 2. The third-order valence-corrected chi connectivity index (χ3v) is 2.16. The van der Waals surface area contributed by atoms with Crippen LogP contribution in [0.1, 0.15) is 27.2 Å². The first-order valence-electron chi connectivity index (χ1n) is 6.25. The van der Waals surface area contributed by atoms with Crippen LogP contribution in [0.25, 0.3) is 0 Å². The van der Waals surface area contributed by atoms with Gasteiger partial charge in [0.15, 0.2) is 0 Å². The van der Waals surface area contributed by atoms with Gasteiger partial charge in [-0.3, -0.25) is 4.79 Å². The molecular weight excluding hydrogens is 248 g/mol. The molecule has 1 atom stereocenters. The number of hydrogen-bond donors (Lipinski definition) is 3. The fourth-order valence-electron chi connectivity index (χ4n) is 1.28. The van der Waals surface area contributed by atoms with Gasteiger partial charge in [-0.05, 0) is 20.3 Å². The molecule has 8 nitrogen and oxygen atoms in total. The smallest absolute Gasteiger partial charge is 0.323 e. The molecule has 0 aliphatic heterocycles. The number of carbonyl (C=O) groups excluding carboxylic acids is 1. The lowest BCUT2D eigenvalue weighted by Crippen LogP contribution is -2.37. The van der Waals surface area contributed by atoms with Crippen LogP contribution in [0.5, 0.6) is 6.01 Å². The van der Waals surface area contributed by atoms with Gasteiger partial charge in [0.1, 0.15) is 6.04 Å². The van der Waals surface area contributed by atoms with Crippen LogP contribution in [0, 0.1) is 0 Å². The normalized spacial score (nSPS) is 11.7. The molecule has 106 valence electrons. The van der Waals surface area contributed by atoms with Crippen molar-refractivity contribution in [2.75, 3.05) is 24.2 Å². The molecule has 1 rings (SSSR count). The van der Waals surface area contributed by atoms with E-state index in [4.69, 9.17) is 10.5 Å². The molecule has 0 radical (unpaired) electrons. The van der Waals surface area contributed by atoms with Crippen molar-refractivity contribution >= 4 is 17.8 Å². The van der Waals surface area contributed by atoms with Crippen molar-refractivity contribution in [2.45, 2.75) is 33.2 Å². The number of nitrogens with two attached hydrogens (primary N) is 1. The Kier molecular flexibility index (Phi) is 5.77. The number of nitrogen functional groups attached to an aromatic ring is 1. The molecule has 19 heavy (non-hydrogen) atoms. The lowest BCUT2D eigenvalue weighted by molar-refractivity contribution is -0.121. The summed E-state index contributed by atoms with van der Waals surface area (Å²) in [6.07, 6.45) is 0.837. The van der Waals surface area contributed by atoms with Crippen LogP contribution in [0.3, 0.4) is 0 Å². The Labute approximate surface area is 112 Å². The number of likely N-dealkylation sites (N-methyl/N-ethyl adjacent to an activating group) is 1. The lowest BCUT2D eigenvalue weighted by atomic mass is 10.3. The molecule has 0 fully saturated rings. The highest BCUT2D eigenvalue weighted by atomic mass is 16.5. The van der Waals surface area contributed by atoms with Crippen molar-refractivity contribution in [1.82, 2.24) is 20.3 Å². The van der Waals surface area contributed by atoms with Crippen molar-refractivity contribution in [3.8, 4) is 6.01 Å². The Hall–Kier alpha value is -2.12. The van der Waals surface area contributed by atoms with E-state index >= 15 is 0 Å². The van der Waals surface area contributed by atoms with E-state index in [1.54, 1.807) is 6.92 Å². The lowest BCUT2D eigenvalue weighted by Gasteiger charge is -2.13. The van der Waals surface area contributed by atoms with Gasteiger partial charge in [-0.25, -0.2) is 0 Å². The average molecular weight is 268 g/mol. The molecule has 1 amide bonds. The summed E-state index contributed by atoms with van der Waals surface area (Å²) in [4.78, 5) is 23.4.